The van der Waals surface area contributed by atoms with Crippen molar-refractivity contribution in [2.45, 2.75) is 6.92 Å². The van der Waals surface area contributed by atoms with Crippen LogP contribution < -0.4 is 9.80 Å². The number of benzene rings is 1. The molecule has 2 aliphatic rings. The number of aromatic nitrogens is 2. The number of aryl methyl sites for hydroxylation is 1. The maximum absolute atomic E-state index is 4.56. The van der Waals surface area contributed by atoms with Gasteiger partial charge in [-0.05, 0) is 25.1 Å². The molecule has 2 saturated heterocycles. The molecule has 2 fully saturated rings. The van der Waals surface area contributed by atoms with E-state index in [9.17, 15) is 0 Å². The lowest BCUT2D eigenvalue weighted by atomic mass is 10.0. The first-order valence-corrected chi connectivity index (χ1v) is 7.64. The summed E-state index contributed by atoms with van der Waals surface area (Å²) in [7, 11) is 0. The lowest BCUT2D eigenvalue weighted by Crippen LogP contribution is -2.29. The number of anilines is 2. The topological polar surface area (TPSA) is 32.3 Å². The molecule has 21 heavy (non-hydrogen) atoms. The van der Waals surface area contributed by atoms with Gasteiger partial charge in [0.1, 0.15) is 11.6 Å². The standard InChI is InChI=1S/C17H20N4/c1-13-18-8-7-17(19-13)21-11-14-9-20(10-15(14)12-21)16-5-3-2-4-6-16/h2-8,14-15H,9-12H2,1H3/t14-,15-/m1/s1. The Morgan fingerprint density at radius 3 is 2.24 bits per heavy atom. The zero-order chi connectivity index (χ0) is 14.2. The van der Waals surface area contributed by atoms with Crippen LogP contribution in [0.25, 0.3) is 0 Å². The molecule has 2 atom stereocenters. The van der Waals surface area contributed by atoms with Gasteiger partial charge in [0.2, 0.25) is 0 Å². The summed E-state index contributed by atoms with van der Waals surface area (Å²) >= 11 is 0. The second-order valence-corrected chi connectivity index (χ2v) is 6.13. The van der Waals surface area contributed by atoms with Gasteiger partial charge in [0.25, 0.3) is 0 Å². The van der Waals surface area contributed by atoms with Crippen molar-refractivity contribution in [2.24, 2.45) is 11.8 Å². The largest absolute Gasteiger partial charge is 0.371 e. The van der Waals surface area contributed by atoms with E-state index in [-0.39, 0.29) is 0 Å². The number of rotatable bonds is 2. The molecule has 0 N–H and O–H groups in total. The highest BCUT2D eigenvalue weighted by molar-refractivity contribution is 5.49. The number of fused-ring (bicyclic) bond motifs is 1. The molecule has 4 rings (SSSR count). The molecule has 2 aliphatic heterocycles. The van der Waals surface area contributed by atoms with Crippen LogP contribution in [0.4, 0.5) is 11.5 Å². The molecule has 1 aromatic heterocycles. The molecule has 0 aliphatic carbocycles. The zero-order valence-electron chi connectivity index (χ0n) is 12.3. The minimum Gasteiger partial charge on any atom is -0.371 e. The Kier molecular flexibility index (Phi) is 3.02. The quantitative estimate of drug-likeness (QED) is 0.845. The van der Waals surface area contributed by atoms with Gasteiger partial charge >= 0.3 is 0 Å². The van der Waals surface area contributed by atoms with E-state index >= 15 is 0 Å². The summed E-state index contributed by atoms with van der Waals surface area (Å²) in [5, 5.41) is 0. The van der Waals surface area contributed by atoms with E-state index in [1.807, 2.05) is 19.2 Å². The smallest absolute Gasteiger partial charge is 0.132 e. The molecule has 3 heterocycles. The lowest BCUT2D eigenvalue weighted by molar-refractivity contribution is 0.533. The van der Waals surface area contributed by atoms with Crippen molar-refractivity contribution in [3.63, 3.8) is 0 Å². The van der Waals surface area contributed by atoms with Crippen molar-refractivity contribution < 1.29 is 0 Å². The Labute approximate surface area is 125 Å². The summed E-state index contributed by atoms with van der Waals surface area (Å²) < 4.78 is 0. The van der Waals surface area contributed by atoms with Crippen LogP contribution in [0.15, 0.2) is 42.6 Å². The highest BCUT2D eigenvalue weighted by Gasteiger charge is 2.40. The van der Waals surface area contributed by atoms with Gasteiger partial charge in [0, 0.05) is 49.9 Å². The van der Waals surface area contributed by atoms with Crippen LogP contribution in [0.3, 0.4) is 0 Å². The number of hydrogen-bond acceptors (Lipinski definition) is 4. The molecule has 0 saturated carbocycles. The van der Waals surface area contributed by atoms with Crippen LogP contribution in [0.2, 0.25) is 0 Å². The molecule has 0 unspecified atom stereocenters. The van der Waals surface area contributed by atoms with E-state index in [0.29, 0.717) is 0 Å². The Balaban J connectivity index is 1.46. The Bertz CT molecular complexity index is 614. The van der Waals surface area contributed by atoms with Crippen molar-refractivity contribution in [3.05, 3.63) is 48.4 Å². The first-order valence-electron chi connectivity index (χ1n) is 7.64. The van der Waals surface area contributed by atoms with Gasteiger partial charge in [-0.3, -0.25) is 0 Å². The van der Waals surface area contributed by atoms with E-state index in [1.165, 1.54) is 5.69 Å². The third kappa shape index (κ3) is 2.35. The van der Waals surface area contributed by atoms with Crippen LogP contribution in [0.1, 0.15) is 5.82 Å². The second-order valence-electron chi connectivity index (χ2n) is 6.13. The van der Waals surface area contributed by atoms with Crippen LogP contribution in [0, 0.1) is 18.8 Å². The summed E-state index contributed by atoms with van der Waals surface area (Å²) in [5.41, 5.74) is 1.36. The molecule has 0 radical (unpaired) electrons. The number of nitrogens with zero attached hydrogens (tertiary/aromatic N) is 4. The van der Waals surface area contributed by atoms with Gasteiger partial charge in [-0.15, -0.1) is 0 Å². The SMILES string of the molecule is Cc1nccc(N2C[C@H]3CN(c4ccccc4)C[C@@H]3C2)n1. The molecule has 4 heteroatoms. The van der Waals surface area contributed by atoms with Crippen molar-refractivity contribution >= 4 is 11.5 Å². The average molecular weight is 280 g/mol. The van der Waals surface area contributed by atoms with Gasteiger partial charge in [0.05, 0.1) is 0 Å². The van der Waals surface area contributed by atoms with Crippen molar-refractivity contribution in [3.8, 4) is 0 Å². The first kappa shape index (κ1) is 12.6. The molecule has 1 aromatic carbocycles. The summed E-state index contributed by atoms with van der Waals surface area (Å²) in [5.74, 6) is 3.44. The average Bonchev–Trinajstić information content (AvgIpc) is 3.07. The zero-order valence-corrected chi connectivity index (χ0v) is 12.3. The fraction of sp³-hybridized carbons (Fsp3) is 0.412. The van der Waals surface area contributed by atoms with Crippen LogP contribution in [0.5, 0.6) is 0 Å². The normalized spacial score (nSPS) is 24.4. The molecule has 0 amide bonds. The summed E-state index contributed by atoms with van der Waals surface area (Å²) in [6, 6.07) is 12.8. The molecular weight excluding hydrogens is 260 g/mol. The Morgan fingerprint density at radius 2 is 1.57 bits per heavy atom. The predicted octanol–water partition coefficient (Wildman–Crippen LogP) is 2.36. The Hall–Kier alpha value is -2.10. The summed E-state index contributed by atoms with van der Waals surface area (Å²) in [6.45, 7) is 6.51. The molecule has 4 nitrogen and oxygen atoms in total. The van der Waals surface area contributed by atoms with Gasteiger partial charge < -0.3 is 9.80 Å². The molecule has 0 spiro atoms. The van der Waals surface area contributed by atoms with Crippen molar-refractivity contribution in [1.82, 2.24) is 9.97 Å². The lowest BCUT2D eigenvalue weighted by Gasteiger charge is -2.23. The van der Waals surface area contributed by atoms with Gasteiger partial charge in [-0.25, -0.2) is 9.97 Å². The summed E-state index contributed by atoms with van der Waals surface area (Å²) in [4.78, 5) is 13.7. The highest BCUT2D eigenvalue weighted by Crippen LogP contribution is 2.35. The van der Waals surface area contributed by atoms with E-state index in [4.69, 9.17) is 0 Å². The summed E-state index contributed by atoms with van der Waals surface area (Å²) in [6.07, 6.45) is 1.86. The van der Waals surface area contributed by atoms with Gasteiger partial charge in [0.15, 0.2) is 0 Å². The van der Waals surface area contributed by atoms with Gasteiger partial charge in [-0.2, -0.15) is 0 Å². The predicted molar refractivity (Wildman–Crippen MR) is 84.6 cm³/mol. The fourth-order valence-corrected chi connectivity index (χ4v) is 3.65. The first-order chi connectivity index (χ1) is 10.3. The van der Waals surface area contributed by atoms with Gasteiger partial charge in [-0.1, -0.05) is 18.2 Å². The van der Waals surface area contributed by atoms with E-state index < -0.39 is 0 Å². The maximum atomic E-state index is 4.56. The van der Waals surface area contributed by atoms with E-state index in [2.05, 4.69) is 50.1 Å². The maximum Gasteiger partial charge on any atom is 0.132 e. The second kappa shape index (κ2) is 5.02. The molecule has 108 valence electrons. The minimum atomic E-state index is 0.750. The molecular formula is C17H20N4. The monoisotopic (exact) mass is 280 g/mol. The number of hydrogen-bond donors (Lipinski definition) is 0. The third-order valence-corrected chi connectivity index (χ3v) is 4.69. The number of para-hydroxylation sites is 1. The van der Waals surface area contributed by atoms with Crippen LogP contribution in [-0.4, -0.2) is 36.1 Å². The minimum absolute atomic E-state index is 0.750. The van der Waals surface area contributed by atoms with Crippen molar-refractivity contribution in [1.29, 1.82) is 0 Å². The molecule has 0 bridgehead atoms. The highest BCUT2D eigenvalue weighted by atomic mass is 15.3. The Morgan fingerprint density at radius 1 is 0.905 bits per heavy atom. The van der Waals surface area contributed by atoms with Crippen LogP contribution >= 0.6 is 0 Å². The third-order valence-electron chi connectivity index (χ3n) is 4.69. The molecule has 2 aromatic rings. The van der Waals surface area contributed by atoms with Crippen LogP contribution in [-0.2, 0) is 0 Å². The van der Waals surface area contributed by atoms with E-state index in [1.54, 1.807) is 0 Å². The van der Waals surface area contributed by atoms with Crippen molar-refractivity contribution in [2.75, 3.05) is 36.0 Å². The fourth-order valence-electron chi connectivity index (χ4n) is 3.65. The van der Waals surface area contributed by atoms with E-state index in [0.717, 1.165) is 49.7 Å².